The number of nitrogens with one attached hydrogen (secondary N) is 1. The third-order valence-corrected chi connectivity index (χ3v) is 4.61. The van der Waals surface area contributed by atoms with E-state index in [1.807, 2.05) is 6.92 Å². The molecule has 2 N–H and O–H groups in total. The first-order chi connectivity index (χ1) is 13.2. The van der Waals surface area contributed by atoms with E-state index in [-0.39, 0.29) is 12.4 Å². The predicted molar refractivity (Wildman–Crippen MR) is 104 cm³/mol. The van der Waals surface area contributed by atoms with E-state index in [1.54, 1.807) is 19.2 Å². The Balaban J connectivity index is 1.88. The largest absolute Gasteiger partial charge is 0.392 e. The van der Waals surface area contributed by atoms with Crippen LogP contribution >= 0.6 is 0 Å². The van der Waals surface area contributed by atoms with E-state index in [2.05, 4.69) is 10.2 Å². The highest BCUT2D eigenvalue weighted by Crippen LogP contribution is 2.15. The van der Waals surface area contributed by atoms with E-state index in [0.717, 1.165) is 63.6 Å². The molecule has 0 amide bonds. The molecule has 1 aliphatic rings. The molecule has 1 saturated heterocycles. The first-order valence-corrected chi connectivity index (χ1v) is 9.69. The molecule has 152 valence electrons. The standard InChI is InChI=1S/C20H32FN3O3/c1-3-22-20(23-14-16-5-6-19(21)17(13-16)15-25)24-9-7-18(8-10-24)27-12-4-11-26-2/h5-6,13,18,25H,3-4,7-12,14-15H2,1-2H3,(H,22,23). The number of halogens is 1. The SMILES string of the molecule is CCNC(=NCc1ccc(F)c(CO)c1)N1CCC(OCCCOC)CC1. The zero-order valence-electron chi connectivity index (χ0n) is 16.4. The van der Waals surface area contributed by atoms with Gasteiger partial charge < -0.3 is 24.8 Å². The number of methoxy groups -OCH3 is 1. The maximum atomic E-state index is 13.5. The van der Waals surface area contributed by atoms with Crippen LogP contribution in [0.1, 0.15) is 37.3 Å². The number of aliphatic imine (C=N–C) groups is 1. The molecular weight excluding hydrogens is 349 g/mol. The first kappa shape index (κ1) is 21.6. The van der Waals surface area contributed by atoms with Crippen molar-refractivity contribution in [2.24, 2.45) is 4.99 Å². The maximum absolute atomic E-state index is 13.5. The van der Waals surface area contributed by atoms with Gasteiger partial charge in [0, 0.05) is 45.5 Å². The molecule has 6 nitrogen and oxygen atoms in total. The van der Waals surface area contributed by atoms with E-state index in [9.17, 15) is 9.50 Å². The topological polar surface area (TPSA) is 66.3 Å². The van der Waals surface area contributed by atoms with Gasteiger partial charge in [0.2, 0.25) is 0 Å². The molecule has 0 radical (unpaired) electrons. The molecule has 0 bridgehead atoms. The number of rotatable bonds is 9. The van der Waals surface area contributed by atoms with E-state index in [0.29, 0.717) is 18.2 Å². The van der Waals surface area contributed by atoms with Crippen LogP contribution in [0, 0.1) is 5.82 Å². The summed E-state index contributed by atoms with van der Waals surface area (Å²) in [6.07, 6.45) is 3.17. The van der Waals surface area contributed by atoms with Crippen molar-refractivity contribution in [1.82, 2.24) is 10.2 Å². The van der Waals surface area contributed by atoms with Crippen molar-refractivity contribution in [2.45, 2.75) is 45.4 Å². The van der Waals surface area contributed by atoms with Gasteiger partial charge in [0.25, 0.3) is 0 Å². The van der Waals surface area contributed by atoms with Crippen LogP contribution in [0.2, 0.25) is 0 Å². The minimum absolute atomic E-state index is 0.296. The minimum Gasteiger partial charge on any atom is -0.392 e. The van der Waals surface area contributed by atoms with Crippen LogP contribution in [0.4, 0.5) is 4.39 Å². The molecule has 0 saturated carbocycles. The minimum atomic E-state index is -0.385. The lowest BCUT2D eigenvalue weighted by Crippen LogP contribution is -2.47. The lowest BCUT2D eigenvalue weighted by atomic mass is 10.1. The van der Waals surface area contributed by atoms with E-state index < -0.39 is 0 Å². The zero-order valence-corrected chi connectivity index (χ0v) is 16.4. The number of nitrogens with zero attached hydrogens (tertiary/aromatic N) is 2. The van der Waals surface area contributed by atoms with Crippen LogP contribution < -0.4 is 5.32 Å². The van der Waals surface area contributed by atoms with Gasteiger partial charge in [-0.1, -0.05) is 6.07 Å². The third-order valence-electron chi connectivity index (χ3n) is 4.61. The summed E-state index contributed by atoms with van der Waals surface area (Å²) < 4.78 is 24.5. The van der Waals surface area contributed by atoms with Crippen molar-refractivity contribution in [2.75, 3.05) is 40.0 Å². The first-order valence-electron chi connectivity index (χ1n) is 9.69. The van der Waals surface area contributed by atoms with Crippen LogP contribution in [0.5, 0.6) is 0 Å². The third kappa shape index (κ3) is 7.08. The summed E-state index contributed by atoms with van der Waals surface area (Å²) in [6, 6.07) is 4.76. The van der Waals surface area contributed by atoms with Crippen molar-refractivity contribution >= 4 is 5.96 Å². The Hall–Kier alpha value is -1.70. The summed E-state index contributed by atoms with van der Waals surface area (Å²) in [4.78, 5) is 6.94. The fourth-order valence-electron chi connectivity index (χ4n) is 3.13. The number of hydrogen-bond acceptors (Lipinski definition) is 4. The summed E-state index contributed by atoms with van der Waals surface area (Å²) >= 11 is 0. The normalized spacial score (nSPS) is 16.0. The number of aliphatic hydroxyl groups is 1. The second-order valence-corrected chi connectivity index (χ2v) is 6.66. The molecule has 0 unspecified atom stereocenters. The molecule has 7 heteroatoms. The van der Waals surface area contributed by atoms with Crippen LogP contribution in [0.25, 0.3) is 0 Å². The van der Waals surface area contributed by atoms with E-state index >= 15 is 0 Å². The Morgan fingerprint density at radius 3 is 2.78 bits per heavy atom. The average Bonchev–Trinajstić information content (AvgIpc) is 2.70. The molecule has 1 aromatic rings. The number of hydrogen-bond donors (Lipinski definition) is 2. The fraction of sp³-hybridized carbons (Fsp3) is 0.650. The number of piperidine rings is 1. The molecule has 27 heavy (non-hydrogen) atoms. The Bertz CT molecular complexity index is 590. The Morgan fingerprint density at radius 1 is 1.33 bits per heavy atom. The van der Waals surface area contributed by atoms with Crippen molar-refractivity contribution < 1.29 is 19.0 Å². The summed E-state index contributed by atoms with van der Waals surface area (Å²) in [5.74, 6) is 0.481. The quantitative estimate of drug-likeness (QED) is 0.390. The maximum Gasteiger partial charge on any atom is 0.194 e. The number of guanidine groups is 1. The van der Waals surface area contributed by atoms with Crippen LogP contribution in [-0.2, 0) is 22.6 Å². The second-order valence-electron chi connectivity index (χ2n) is 6.66. The molecule has 0 spiro atoms. The number of aliphatic hydroxyl groups excluding tert-OH is 1. The highest BCUT2D eigenvalue weighted by atomic mass is 19.1. The summed E-state index contributed by atoms with van der Waals surface area (Å²) in [7, 11) is 1.70. The van der Waals surface area contributed by atoms with Crippen molar-refractivity contribution in [1.29, 1.82) is 0 Å². The van der Waals surface area contributed by atoms with Gasteiger partial charge in [-0.15, -0.1) is 0 Å². The number of likely N-dealkylation sites (tertiary alicyclic amines) is 1. The van der Waals surface area contributed by atoms with E-state index in [4.69, 9.17) is 14.5 Å². The molecule has 0 aromatic heterocycles. The number of benzene rings is 1. The highest BCUT2D eigenvalue weighted by Gasteiger charge is 2.21. The molecule has 2 rings (SSSR count). The lowest BCUT2D eigenvalue weighted by molar-refractivity contribution is 0.00990. The summed E-state index contributed by atoms with van der Waals surface area (Å²) in [5.41, 5.74) is 1.19. The van der Waals surface area contributed by atoms with E-state index in [1.165, 1.54) is 6.07 Å². The molecule has 1 fully saturated rings. The van der Waals surface area contributed by atoms with Crippen molar-refractivity contribution in [3.63, 3.8) is 0 Å². The Kier molecular flexibility index (Phi) is 9.52. The zero-order chi connectivity index (χ0) is 19.5. The van der Waals surface area contributed by atoms with Gasteiger partial charge >= 0.3 is 0 Å². The Labute approximate surface area is 161 Å². The van der Waals surface area contributed by atoms with Gasteiger partial charge in [-0.05, 0) is 43.9 Å². The van der Waals surface area contributed by atoms with Gasteiger partial charge in [-0.25, -0.2) is 9.38 Å². The van der Waals surface area contributed by atoms with Gasteiger partial charge in [0.15, 0.2) is 5.96 Å². The van der Waals surface area contributed by atoms with Gasteiger partial charge in [-0.3, -0.25) is 0 Å². The monoisotopic (exact) mass is 381 g/mol. The lowest BCUT2D eigenvalue weighted by Gasteiger charge is -2.34. The highest BCUT2D eigenvalue weighted by molar-refractivity contribution is 5.80. The summed E-state index contributed by atoms with van der Waals surface area (Å²) in [5, 5.41) is 12.5. The smallest absolute Gasteiger partial charge is 0.194 e. The molecule has 1 aliphatic heterocycles. The molecule has 1 heterocycles. The molecule has 0 atom stereocenters. The van der Waals surface area contributed by atoms with Crippen LogP contribution in [0.3, 0.4) is 0 Å². The second kappa shape index (κ2) is 11.9. The molecular formula is C20H32FN3O3. The predicted octanol–water partition coefficient (Wildman–Crippen LogP) is 2.30. The summed E-state index contributed by atoms with van der Waals surface area (Å²) in [6.45, 7) is 6.24. The van der Waals surface area contributed by atoms with Crippen LogP contribution in [-0.4, -0.2) is 62.0 Å². The van der Waals surface area contributed by atoms with Gasteiger partial charge in [0.1, 0.15) is 5.82 Å². The van der Waals surface area contributed by atoms with Crippen molar-refractivity contribution in [3.05, 3.63) is 35.1 Å². The van der Waals surface area contributed by atoms with Gasteiger partial charge in [-0.2, -0.15) is 0 Å². The van der Waals surface area contributed by atoms with Crippen molar-refractivity contribution in [3.8, 4) is 0 Å². The Morgan fingerprint density at radius 2 is 2.11 bits per heavy atom. The average molecular weight is 381 g/mol. The molecule has 1 aromatic carbocycles. The van der Waals surface area contributed by atoms with Gasteiger partial charge in [0.05, 0.1) is 19.3 Å². The van der Waals surface area contributed by atoms with Crippen LogP contribution in [0.15, 0.2) is 23.2 Å². The molecule has 0 aliphatic carbocycles. The fourth-order valence-corrected chi connectivity index (χ4v) is 3.13. The number of ether oxygens (including phenoxy) is 2.